The van der Waals surface area contributed by atoms with E-state index in [4.69, 9.17) is 4.74 Å². The van der Waals surface area contributed by atoms with E-state index in [1.807, 2.05) is 13.0 Å². The van der Waals surface area contributed by atoms with E-state index in [1.54, 1.807) is 17.2 Å². The van der Waals surface area contributed by atoms with Crippen molar-refractivity contribution in [3.05, 3.63) is 23.9 Å². The maximum absolute atomic E-state index is 13.0. The lowest BCUT2D eigenvalue weighted by Crippen LogP contribution is -2.48. The zero-order chi connectivity index (χ0) is 22.1. The summed E-state index contributed by atoms with van der Waals surface area (Å²) in [6.45, 7) is 3.19. The molecule has 1 aliphatic carbocycles. The molecule has 170 valence electrons. The second kappa shape index (κ2) is 11.8. The van der Waals surface area contributed by atoms with Crippen molar-refractivity contribution in [1.82, 2.24) is 15.2 Å². The summed E-state index contributed by atoms with van der Waals surface area (Å²) in [6.07, 6.45) is 8.92. The summed E-state index contributed by atoms with van der Waals surface area (Å²) in [4.78, 5) is 43.6. The number of anilines is 1. The highest BCUT2D eigenvalue weighted by molar-refractivity contribution is 5.93. The minimum absolute atomic E-state index is 0.0390. The van der Waals surface area contributed by atoms with Crippen molar-refractivity contribution < 1.29 is 19.1 Å². The summed E-state index contributed by atoms with van der Waals surface area (Å²) >= 11 is 0. The van der Waals surface area contributed by atoms with Crippen molar-refractivity contribution in [1.29, 1.82) is 0 Å². The Morgan fingerprint density at radius 3 is 2.61 bits per heavy atom. The van der Waals surface area contributed by atoms with Gasteiger partial charge in [0.05, 0.1) is 12.6 Å². The average Bonchev–Trinajstić information content (AvgIpc) is 3.29. The number of carbonyl (C=O) groups excluding carboxylic acids is 3. The van der Waals surface area contributed by atoms with Gasteiger partial charge in [0.1, 0.15) is 5.82 Å². The van der Waals surface area contributed by atoms with Crippen LogP contribution in [-0.4, -0.2) is 59.4 Å². The Morgan fingerprint density at radius 2 is 1.90 bits per heavy atom. The van der Waals surface area contributed by atoms with E-state index in [9.17, 15) is 14.4 Å². The molecule has 1 aliphatic heterocycles. The molecule has 8 nitrogen and oxygen atoms in total. The normalized spacial score (nSPS) is 19.1. The molecule has 2 heterocycles. The summed E-state index contributed by atoms with van der Waals surface area (Å²) in [5.41, 5.74) is 0.999. The van der Waals surface area contributed by atoms with E-state index in [-0.39, 0.29) is 49.3 Å². The average molecular weight is 431 g/mol. The van der Waals surface area contributed by atoms with E-state index in [0.717, 1.165) is 57.1 Å². The Balaban J connectivity index is 1.51. The molecule has 0 spiro atoms. The van der Waals surface area contributed by atoms with Crippen LogP contribution in [0.5, 0.6) is 0 Å². The van der Waals surface area contributed by atoms with E-state index < -0.39 is 0 Å². The zero-order valence-corrected chi connectivity index (χ0v) is 18.4. The monoisotopic (exact) mass is 430 g/mol. The van der Waals surface area contributed by atoms with Gasteiger partial charge in [-0.1, -0.05) is 19.3 Å². The number of nitrogens with zero attached hydrogens (tertiary/aromatic N) is 2. The van der Waals surface area contributed by atoms with Gasteiger partial charge in [-0.25, -0.2) is 4.98 Å². The molecule has 2 fully saturated rings. The van der Waals surface area contributed by atoms with Crippen molar-refractivity contribution in [3.63, 3.8) is 0 Å². The number of rotatable bonds is 9. The second-order valence-corrected chi connectivity index (χ2v) is 8.52. The fourth-order valence-corrected chi connectivity index (χ4v) is 4.23. The van der Waals surface area contributed by atoms with Gasteiger partial charge in [0.25, 0.3) is 0 Å². The molecule has 0 unspecified atom stereocenters. The molecule has 1 atom stereocenters. The number of aromatic nitrogens is 1. The molecule has 3 rings (SSSR count). The first-order valence-electron chi connectivity index (χ1n) is 11.4. The molecule has 1 saturated heterocycles. The number of hydrogen-bond acceptors (Lipinski definition) is 5. The highest BCUT2D eigenvalue weighted by Gasteiger charge is 2.28. The Morgan fingerprint density at radius 1 is 1.10 bits per heavy atom. The van der Waals surface area contributed by atoms with Gasteiger partial charge < -0.3 is 20.3 Å². The van der Waals surface area contributed by atoms with Crippen LogP contribution in [-0.2, 0) is 19.1 Å². The molecule has 2 N–H and O–H groups in total. The minimum atomic E-state index is -0.252. The predicted octanol–water partition coefficient (Wildman–Crippen LogP) is 2.57. The van der Waals surface area contributed by atoms with E-state index >= 15 is 0 Å². The van der Waals surface area contributed by atoms with Crippen LogP contribution >= 0.6 is 0 Å². The third kappa shape index (κ3) is 7.61. The summed E-state index contributed by atoms with van der Waals surface area (Å²) < 4.78 is 5.55. The molecule has 0 aromatic carbocycles. The van der Waals surface area contributed by atoms with Crippen LogP contribution in [0.3, 0.4) is 0 Å². The molecule has 1 aromatic heterocycles. The molecule has 0 bridgehead atoms. The lowest BCUT2D eigenvalue weighted by Gasteiger charge is -2.34. The fourth-order valence-electron chi connectivity index (χ4n) is 4.23. The van der Waals surface area contributed by atoms with Crippen LogP contribution in [0.25, 0.3) is 0 Å². The number of pyridine rings is 1. The third-order valence-electron chi connectivity index (χ3n) is 5.95. The molecule has 1 saturated carbocycles. The molecule has 0 radical (unpaired) electrons. The van der Waals surface area contributed by atoms with Crippen molar-refractivity contribution in [2.75, 3.05) is 25.0 Å². The summed E-state index contributed by atoms with van der Waals surface area (Å²) in [5.74, 6) is -0.0812. The lowest BCUT2D eigenvalue weighted by molar-refractivity contribution is -0.139. The van der Waals surface area contributed by atoms with Gasteiger partial charge in [0.2, 0.25) is 17.7 Å². The number of carbonyl (C=O) groups is 3. The topological polar surface area (TPSA) is 101 Å². The van der Waals surface area contributed by atoms with Crippen LogP contribution in [0.1, 0.15) is 63.4 Å². The fraction of sp³-hybridized carbons (Fsp3) is 0.652. The van der Waals surface area contributed by atoms with Gasteiger partial charge in [-0.05, 0) is 50.3 Å². The quantitative estimate of drug-likeness (QED) is 0.627. The van der Waals surface area contributed by atoms with E-state index in [2.05, 4.69) is 15.6 Å². The minimum Gasteiger partial charge on any atom is -0.376 e. The molecule has 2 aliphatic rings. The van der Waals surface area contributed by atoms with Crippen LogP contribution in [0.4, 0.5) is 5.82 Å². The Hall–Kier alpha value is -2.48. The molecular formula is C23H34N4O4. The van der Waals surface area contributed by atoms with Gasteiger partial charge in [-0.15, -0.1) is 0 Å². The highest BCUT2D eigenvalue weighted by atomic mass is 16.5. The zero-order valence-electron chi connectivity index (χ0n) is 18.4. The first-order chi connectivity index (χ1) is 15.0. The van der Waals surface area contributed by atoms with Crippen molar-refractivity contribution >= 4 is 23.5 Å². The Kier molecular flexibility index (Phi) is 8.82. The first kappa shape index (κ1) is 23.2. The van der Waals surface area contributed by atoms with E-state index in [1.165, 1.54) is 0 Å². The maximum atomic E-state index is 13.0. The van der Waals surface area contributed by atoms with Gasteiger partial charge in [-0.2, -0.15) is 0 Å². The van der Waals surface area contributed by atoms with Crippen LogP contribution in [0.2, 0.25) is 0 Å². The smallest absolute Gasteiger partial charge is 0.239 e. The SMILES string of the molecule is Cc1ccnc(NC(=O)CCC(=O)N(CC(=O)NC[C@@H]2CCCO2)C2CCCCC2)c1. The number of amides is 3. The highest BCUT2D eigenvalue weighted by Crippen LogP contribution is 2.23. The standard InChI is InChI=1S/C23H34N4O4/c1-17-11-12-24-20(14-17)26-21(28)9-10-23(30)27(18-6-3-2-4-7-18)16-22(29)25-15-19-8-5-13-31-19/h11-12,14,18-19H,2-10,13,15-16H2,1H3,(H,25,29)(H,24,26,28)/t19-/m0/s1. The number of ether oxygens (including phenoxy) is 1. The molecule has 31 heavy (non-hydrogen) atoms. The molecule has 8 heteroatoms. The molecule has 1 aromatic rings. The van der Waals surface area contributed by atoms with Crippen LogP contribution in [0, 0.1) is 6.92 Å². The van der Waals surface area contributed by atoms with Gasteiger partial charge in [0, 0.05) is 38.2 Å². The third-order valence-corrected chi connectivity index (χ3v) is 5.95. The summed E-state index contributed by atoms with van der Waals surface area (Å²) in [5, 5.41) is 5.64. The molecular weight excluding hydrogens is 396 g/mol. The lowest BCUT2D eigenvalue weighted by atomic mass is 9.94. The van der Waals surface area contributed by atoms with Gasteiger partial charge in [-0.3, -0.25) is 14.4 Å². The van der Waals surface area contributed by atoms with Crippen molar-refractivity contribution in [2.45, 2.75) is 76.9 Å². The summed E-state index contributed by atoms with van der Waals surface area (Å²) in [6, 6.07) is 3.70. The van der Waals surface area contributed by atoms with Crippen molar-refractivity contribution in [2.24, 2.45) is 0 Å². The van der Waals surface area contributed by atoms with Crippen molar-refractivity contribution in [3.8, 4) is 0 Å². The Bertz CT molecular complexity index is 758. The van der Waals surface area contributed by atoms with Gasteiger partial charge in [0.15, 0.2) is 0 Å². The largest absolute Gasteiger partial charge is 0.376 e. The van der Waals surface area contributed by atoms with Crippen LogP contribution < -0.4 is 10.6 Å². The van der Waals surface area contributed by atoms with Crippen LogP contribution in [0.15, 0.2) is 18.3 Å². The number of hydrogen-bond donors (Lipinski definition) is 2. The summed E-state index contributed by atoms with van der Waals surface area (Å²) in [7, 11) is 0. The second-order valence-electron chi connectivity index (χ2n) is 8.52. The number of nitrogens with one attached hydrogen (secondary N) is 2. The van der Waals surface area contributed by atoms with E-state index in [0.29, 0.717) is 12.4 Å². The van der Waals surface area contributed by atoms with Gasteiger partial charge >= 0.3 is 0 Å². The first-order valence-corrected chi connectivity index (χ1v) is 11.4. The molecule has 3 amide bonds. The maximum Gasteiger partial charge on any atom is 0.239 e. The number of aryl methyl sites for hydroxylation is 1. The Labute approximate surface area is 184 Å². The predicted molar refractivity (Wildman–Crippen MR) is 117 cm³/mol.